The molecule has 0 radical (unpaired) electrons. The molecule has 50 valence electrons. The Hall–Kier alpha value is -0.770. The van der Waals surface area contributed by atoms with Crippen molar-refractivity contribution in [1.29, 1.82) is 0 Å². The highest BCUT2D eigenvalue weighted by molar-refractivity contribution is 5.64. The maximum atomic E-state index is 9.81. The maximum absolute atomic E-state index is 9.81. The number of hydrogen-bond acceptors (Lipinski definition) is 3. The van der Waals surface area contributed by atoms with Gasteiger partial charge in [-0.25, -0.2) is 4.79 Å². The van der Waals surface area contributed by atoms with Gasteiger partial charge in [-0.3, -0.25) is 0 Å². The lowest BCUT2D eigenvalue weighted by atomic mass is 10.5. The predicted molar refractivity (Wildman–Crippen MR) is 30.8 cm³/mol. The fraction of sp³-hybridized carbons (Fsp3) is 0.750. The van der Waals surface area contributed by atoms with Crippen molar-refractivity contribution in [3.63, 3.8) is 0 Å². The molecule has 0 saturated heterocycles. The Balaban J connectivity index is 0. The molecule has 0 atom stereocenters. The topological polar surface area (TPSA) is 87.3 Å². The van der Waals surface area contributed by atoms with Crippen molar-refractivity contribution in [3.8, 4) is 0 Å². The van der Waals surface area contributed by atoms with Gasteiger partial charge in [0, 0.05) is 0 Å². The fourth-order valence-corrected chi connectivity index (χ4v) is 0.232. The van der Waals surface area contributed by atoms with Crippen LogP contribution in [0.3, 0.4) is 0 Å². The number of carbonyl (C=O) groups excluding carboxylic acids is 1. The zero-order valence-corrected chi connectivity index (χ0v) is 5.18. The molecule has 0 spiro atoms. The summed E-state index contributed by atoms with van der Waals surface area (Å²) in [6.07, 6.45) is -0.813. The summed E-state index contributed by atoms with van der Waals surface area (Å²) in [7, 11) is 0. The third-order valence-electron chi connectivity index (χ3n) is 0.352. The van der Waals surface area contributed by atoms with Gasteiger partial charge in [0.25, 0.3) is 0 Å². The monoisotopic (exact) mass is 120 g/mol. The quantitative estimate of drug-likeness (QED) is 0.532. The van der Waals surface area contributed by atoms with Gasteiger partial charge in [-0.1, -0.05) is 0 Å². The van der Waals surface area contributed by atoms with E-state index in [1.54, 1.807) is 13.8 Å². The molecule has 1 amide bonds. The molecule has 0 fully saturated rings. The number of hydrogen-bond donors (Lipinski definition) is 2. The Morgan fingerprint density at radius 3 is 2.00 bits per heavy atom. The minimum atomic E-state index is -0.713. The lowest BCUT2D eigenvalue weighted by Crippen LogP contribution is -2.17. The molecule has 0 rings (SSSR count). The van der Waals surface area contributed by atoms with Gasteiger partial charge in [0.15, 0.2) is 0 Å². The molecule has 4 heteroatoms. The van der Waals surface area contributed by atoms with E-state index in [1.807, 2.05) is 0 Å². The molecule has 0 aromatic rings. The third kappa shape index (κ3) is 8.97. The predicted octanol–water partition coefficient (Wildman–Crippen LogP) is 0.652. The average Bonchev–Trinajstić information content (AvgIpc) is 1.27. The molecule has 0 aliphatic carbocycles. The average molecular weight is 120 g/mol. The Morgan fingerprint density at radius 2 is 2.00 bits per heavy atom. The van der Waals surface area contributed by atoms with Crippen LogP contribution in [-0.4, -0.2) is 12.2 Å². The van der Waals surface area contributed by atoms with E-state index in [0.717, 1.165) is 0 Å². The van der Waals surface area contributed by atoms with Crippen LogP contribution in [0.5, 0.6) is 0 Å². The van der Waals surface area contributed by atoms with Crippen LogP contribution in [0.2, 0.25) is 0 Å². The largest absolute Gasteiger partial charge is 0.447 e. The molecule has 0 bridgehead atoms. The van der Waals surface area contributed by atoms with Gasteiger partial charge in [0.2, 0.25) is 0 Å². The van der Waals surface area contributed by atoms with E-state index in [2.05, 4.69) is 10.5 Å². The summed E-state index contributed by atoms with van der Waals surface area (Å²) >= 11 is 0. The van der Waals surface area contributed by atoms with Crippen LogP contribution < -0.4 is 11.9 Å². The van der Waals surface area contributed by atoms with Gasteiger partial charge < -0.3 is 16.6 Å². The van der Waals surface area contributed by atoms with Crippen molar-refractivity contribution in [2.45, 2.75) is 20.0 Å². The third-order valence-corrected chi connectivity index (χ3v) is 0.352. The zero-order valence-electron chi connectivity index (χ0n) is 5.18. The lowest BCUT2D eigenvalue weighted by Gasteiger charge is -2.01. The molecule has 0 aromatic carbocycles. The highest BCUT2D eigenvalue weighted by Crippen LogP contribution is 1.83. The minimum Gasteiger partial charge on any atom is -0.447 e. The van der Waals surface area contributed by atoms with Crippen molar-refractivity contribution < 1.29 is 9.53 Å². The van der Waals surface area contributed by atoms with Crippen molar-refractivity contribution in [1.82, 2.24) is 6.15 Å². The second kappa shape index (κ2) is 4.39. The lowest BCUT2D eigenvalue weighted by molar-refractivity contribution is 0.125. The number of amides is 1. The molecule has 0 aliphatic rings. The first kappa shape index (κ1) is 10.3. The van der Waals surface area contributed by atoms with E-state index in [1.165, 1.54) is 0 Å². The normalized spacial score (nSPS) is 7.88. The molecule has 0 saturated carbocycles. The Kier molecular flexibility index (Phi) is 5.63. The van der Waals surface area contributed by atoms with E-state index < -0.39 is 6.09 Å². The van der Waals surface area contributed by atoms with Gasteiger partial charge in [-0.2, -0.15) is 0 Å². The fourth-order valence-electron chi connectivity index (χ4n) is 0.232. The van der Waals surface area contributed by atoms with Crippen LogP contribution in [0.1, 0.15) is 13.8 Å². The summed E-state index contributed by atoms with van der Waals surface area (Å²) < 4.78 is 4.39. The Bertz CT molecular complexity index is 72.4. The standard InChI is InChI=1S/C4H9NO2.H3N/c1-3(2)7-4(5)6;/h3H,1-2H3,(H2,5,6);1H3. The first-order chi connectivity index (χ1) is 3.13. The summed E-state index contributed by atoms with van der Waals surface area (Å²) in [5, 5.41) is 0. The van der Waals surface area contributed by atoms with Gasteiger partial charge in [-0.15, -0.1) is 0 Å². The van der Waals surface area contributed by atoms with E-state index in [4.69, 9.17) is 0 Å². The smallest absolute Gasteiger partial charge is 0.404 e. The molecular formula is C4H12N2O2. The molecular weight excluding hydrogens is 108 g/mol. The van der Waals surface area contributed by atoms with E-state index in [-0.39, 0.29) is 12.3 Å². The molecule has 0 unspecified atom stereocenters. The second-order valence-electron chi connectivity index (χ2n) is 1.49. The first-order valence-corrected chi connectivity index (χ1v) is 2.09. The van der Waals surface area contributed by atoms with Gasteiger partial charge in [0.1, 0.15) is 0 Å². The van der Waals surface area contributed by atoms with Gasteiger partial charge >= 0.3 is 6.09 Å². The van der Waals surface area contributed by atoms with Crippen LogP contribution in [0.4, 0.5) is 4.79 Å². The van der Waals surface area contributed by atoms with E-state index in [9.17, 15) is 4.79 Å². The summed E-state index contributed by atoms with van der Waals surface area (Å²) in [5.74, 6) is 0. The number of carbonyl (C=O) groups is 1. The molecule has 5 N–H and O–H groups in total. The maximum Gasteiger partial charge on any atom is 0.404 e. The molecule has 8 heavy (non-hydrogen) atoms. The Labute approximate surface area is 48.6 Å². The van der Waals surface area contributed by atoms with Crippen molar-refractivity contribution in [2.75, 3.05) is 0 Å². The highest BCUT2D eigenvalue weighted by atomic mass is 16.6. The minimum absolute atomic E-state index is 0. The van der Waals surface area contributed by atoms with Gasteiger partial charge in [0.05, 0.1) is 6.10 Å². The Morgan fingerprint density at radius 1 is 1.62 bits per heavy atom. The van der Waals surface area contributed by atoms with Crippen LogP contribution in [0.25, 0.3) is 0 Å². The van der Waals surface area contributed by atoms with Crippen LogP contribution >= 0.6 is 0 Å². The summed E-state index contributed by atoms with van der Waals surface area (Å²) in [6, 6.07) is 0. The van der Waals surface area contributed by atoms with Crippen LogP contribution in [-0.2, 0) is 4.74 Å². The van der Waals surface area contributed by atoms with E-state index in [0.29, 0.717) is 0 Å². The van der Waals surface area contributed by atoms with E-state index >= 15 is 0 Å². The number of nitrogens with two attached hydrogens (primary N) is 1. The number of rotatable bonds is 1. The van der Waals surface area contributed by atoms with Crippen LogP contribution in [0.15, 0.2) is 0 Å². The van der Waals surface area contributed by atoms with Crippen molar-refractivity contribution >= 4 is 6.09 Å². The van der Waals surface area contributed by atoms with Crippen LogP contribution in [0, 0.1) is 0 Å². The summed E-state index contributed by atoms with van der Waals surface area (Å²) in [5.41, 5.74) is 4.63. The second-order valence-corrected chi connectivity index (χ2v) is 1.49. The number of ether oxygens (including phenoxy) is 1. The first-order valence-electron chi connectivity index (χ1n) is 2.09. The zero-order chi connectivity index (χ0) is 5.86. The van der Waals surface area contributed by atoms with Crippen molar-refractivity contribution in [3.05, 3.63) is 0 Å². The summed E-state index contributed by atoms with van der Waals surface area (Å²) in [6.45, 7) is 3.48. The number of primary amides is 1. The molecule has 0 aromatic heterocycles. The SMILES string of the molecule is CC(C)OC(N)=O.N. The summed E-state index contributed by atoms with van der Waals surface area (Å²) in [4.78, 5) is 9.81. The molecule has 4 nitrogen and oxygen atoms in total. The molecule has 0 heterocycles. The van der Waals surface area contributed by atoms with Crippen molar-refractivity contribution in [2.24, 2.45) is 5.73 Å². The highest BCUT2D eigenvalue weighted by Gasteiger charge is 1.94. The molecule has 0 aliphatic heterocycles. The van der Waals surface area contributed by atoms with Gasteiger partial charge in [-0.05, 0) is 13.8 Å².